The van der Waals surface area contributed by atoms with Crippen LogP contribution in [-0.4, -0.2) is 18.8 Å². The highest BCUT2D eigenvalue weighted by Crippen LogP contribution is 2.24. The number of methoxy groups -OCH3 is 1. The van der Waals surface area contributed by atoms with Crippen LogP contribution >= 0.6 is 12.2 Å². The fraction of sp³-hybridized carbons (Fsp3) is 0.174. The first kappa shape index (κ1) is 18.9. The second kappa shape index (κ2) is 9.74. The lowest BCUT2D eigenvalue weighted by atomic mass is 9.99. The molecule has 0 spiro atoms. The summed E-state index contributed by atoms with van der Waals surface area (Å²) in [4.78, 5) is 0. The molecule has 3 aromatic rings. The fourth-order valence-corrected chi connectivity index (χ4v) is 3.17. The van der Waals surface area contributed by atoms with Crippen LogP contribution in [0, 0.1) is 0 Å². The van der Waals surface area contributed by atoms with Gasteiger partial charge in [0.25, 0.3) is 0 Å². The van der Waals surface area contributed by atoms with Gasteiger partial charge in [-0.1, -0.05) is 72.8 Å². The normalized spacial score (nSPS) is 11.4. The monoisotopic (exact) mass is 376 g/mol. The quantitative estimate of drug-likeness (QED) is 0.595. The van der Waals surface area contributed by atoms with E-state index in [1.165, 1.54) is 5.56 Å². The van der Waals surface area contributed by atoms with Crippen LogP contribution in [-0.2, 0) is 6.42 Å². The predicted octanol–water partition coefficient (Wildman–Crippen LogP) is 4.49. The first-order chi connectivity index (χ1) is 13.3. The van der Waals surface area contributed by atoms with E-state index in [1.54, 1.807) is 7.11 Å². The van der Waals surface area contributed by atoms with Gasteiger partial charge >= 0.3 is 0 Å². The number of ether oxygens (including phenoxy) is 1. The van der Waals surface area contributed by atoms with Gasteiger partial charge in [-0.3, -0.25) is 0 Å². The molecule has 27 heavy (non-hydrogen) atoms. The van der Waals surface area contributed by atoms with Crippen LogP contribution in [0.25, 0.3) is 0 Å². The van der Waals surface area contributed by atoms with Crippen molar-refractivity contribution >= 4 is 17.3 Å². The third-order valence-corrected chi connectivity index (χ3v) is 4.66. The van der Waals surface area contributed by atoms with Gasteiger partial charge in [-0.25, -0.2) is 0 Å². The molecule has 3 rings (SSSR count). The van der Waals surface area contributed by atoms with Gasteiger partial charge in [-0.15, -0.1) is 0 Å². The Balaban J connectivity index is 1.66. The molecule has 4 heteroatoms. The highest BCUT2D eigenvalue weighted by Gasteiger charge is 2.15. The molecule has 0 saturated heterocycles. The Morgan fingerprint density at radius 3 is 2.07 bits per heavy atom. The second-order valence-electron chi connectivity index (χ2n) is 6.25. The Morgan fingerprint density at radius 1 is 0.852 bits per heavy atom. The molecule has 1 atom stereocenters. The number of nitrogens with one attached hydrogen (secondary N) is 2. The minimum absolute atomic E-state index is 0.0196. The van der Waals surface area contributed by atoms with E-state index in [2.05, 4.69) is 59.2 Å². The molecule has 0 amide bonds. The number of thiocarbonyl (C=S) groups is 1. The van der Waals surface area contributed by atoms with Crippen LogP contribution in [0.15, 0.2) is 84.9 Å². The lowest BCUT2D eigenvalue weighted by Crippen LogP contribution is -2.39. The first-order valence-electron chi connectivity index (χ1n) is 9.03. The van der Waals surface area contributed by atoms with Crippen molar-refractivity contribution in [2.75, 3.05) is 13.7 Å². The van der Waals surface area contributed by atoms with Crippen LogP contribution in [0.1, 0.15) is 22.7 Å². The second-order valence-corrected chi connectivity index (χ2v) is 6.66. The fourth-order valence-electron chi connectivity index (χ4n) is 2.95. The first-order valence-corrected chi connectivity index (χ1v) is 9.44. The van der Waals surface area contributed by atoms with Gasteiger partial charge in [-0.2, -0.15) is 0 Å². The van der Waals surface area contributed by atoms with Gasteiger partial charge < -0.3 is 15.4 Å². The molecule has 0 bridgehead atoms. The highest BCUT2D eigenvalue weighted by atomic mass is 32.1. The van der Waals surface area contributed by atoms with Crippen molar-refractivity contribution in [3.05, 3.63) is 102 Å². The largest absolute Gasteiger partial charge is 0.497 e. The van der Waals surface area contributed by atoms with Crippen molar-refractivity contribution in [1.82, 2.24) is 10.6 Å². The molecule has 0 aliphatic rings. The van der Waals surface area contributed by atoms with E-state index in [-0.39, 0.29) is 6.04 Å². The van der Waals surface area contributed by atoms with Gasteiger partial charge in [0.1, 0.15) is 5.75 Å². The van der Waals surface area contributed by atoms with Gasteiger partial charge in [-0.05, 0) is 47.5 Å². The lowest BCUT2D eigenvalue weighted by Gasteiger charge is -2.22. The smallest absolute Gasteiger partial charge is 0.167 e. The van der Waals surface area contributed by atoms with Crippen molar-refractivity contribution in [3.63, 3.8) is 0 Å². The SMILES string of the molecule is COc1ccc([C@@H](NC(=S)NCCc2ccccc2)c2ccccc2)cc1. The average Bonchev–Trinajstić information content (AvgIpc) is 2.73. The Labute approximate surface area is 166 Å². The van der Waals surface area contributed by atoms with E-state index in [0.717, 1.165) is 29.8 Å². The van der Waals surface area contributed by atoms with Crippen molar-refractivity contribution in [2.24, 2.45) is 0 Å². The minimum atomic E-state index is -0.0196. The van der Waals surface area contributed by atoms with Gasteiger partial charge in [0.05, 0.1) is 13.2 Å². The summed E-state index contributed by atoms with van der Waals surface area (Å²) < 4.78 is 5.27. The molecule has 0 fully saturated rings. The van der Waals surface area contributed by atoms with Crippen LogP contribution in [0.5, 0.6) is 5.75 Å². The zero-order chi connectivity index (χ0) is 18.9. The summed E-state index contributed by atoms with van der Waals surface area (Å²) in [7, 11) is 1.67. The summed E-state index contributed by atoms with van der Waals surface area (Å²) in [5.41, 5.74) is 3.59. The molecule has 0 saturated carbocycles. The molecule has 3 nitrogen and oxygen atoms in total. The van der Waals surface area contributed by atoms with Crippen molar-refractivity contribution in [1.29, 1.82) is 0 Å². The van der Waals surface area contributed by atoms with E-state index in [9.17, 15) is 0 Å². The van der Waals surface area contributed by atoms with Crippen molar-refractivity contribution < 1.29 is 4.74 Å². The Morgan fingerprint density at radius 2 is 1.44 bits per heavy atom. The maximum absolute atomic E-state index is 5.55. The minimum Gasteiger partial charge on any atom is -0.497 e. The number of rotatable bonds is 7. The number of hydrogen-bond acceptors (Lipinski definition) is 2. The Bertz CT molecular complexity index is 835. The molecular weight excluding hydrogens is 352 g/mol. The van der Waals surface area contributed by atoms with Crippen LogP contribution < -0.4 is 15.4 Å². The standard InChI is InChI=1S/C23H24N2OS/c1-26-21-14-12-20(13-15-21)22(19-10-6-3-7-11-19)25-23(27)24-17-16-18-8-4-2-5-9-18/h2-15,22H,16-17H2,1H3,(H2,24,25,27)/t22-/m0/s1. The number of hydrogen-bond donors (Lipinski definition) is 2. The Kier molecular flexibility index (Phi) is 6.83. The third kappa shape index (κ3) is 5.56. The van der Waals surface area contributed by atoms with E-state index in [1.807, 2.05) is 36.4 Å². The summed E-state index contributed by atoms with van der Waals surface area (Å²) in [5.74, 6) is 0.842. The average molecular weight is 377 g/mol. The van der Waals surface area contributed by atoms with Gasteiger partial charge in [0, 0.05) is 6.54 Å². The summed E-state index contributed by atoms with van der Waals surface area (Å²) in [6, 6.07) is 28.8. The van der Waals surface area contributed by atoms with Crippen molar-refractivity contribution in [2.45, 2.75) is 12.5 Å². The molecule has 0 radical (unpaired) electrons. The molecule has 0 unspecified atom stereocenters. The van der Waals surface area contributed by atoms with E-state index in [0.29, 0.717) is 5.11 Å². The topological polar surface area (TPSA) is 33.3 Å². The summed E-state index contributed by atoms with van der Waals surface area (Å²) in [5, 5.41) is 7.42. The van der Waals surface area contributed by atoms with Gasteiger partial charge in [0.15, 0.2) is 5.11 Å². The molecule has 2 N–H and O–H groups in total. The van der Waals surface area contributed by atoms with E-state index in [4.69, 9.17) is 17.0 Å². The highest BCUT2D eigenvalue weighted by molar-refractivity contribution is 7.80. The molecule has 3 aromatic carbocycles. The Hall–Kier alpha value is -2.85. The maximum atomic E-state index is 5.55. The van der Waals surface area contributed by atoms with E-state index < -0.39 is 0 Å². The molecular formula is C23H24N2OS. The van der Waals surface area contributed by atoms with Crippen LogP contribution in [0.4, 0.5) is 0 Å². The molecule has 138 valence electrons. The molecule has 0 heterocycles. The number of benzene rings is 3. The van der Waals surface area contributed by atoms with Gasteiger partial charge in [0.2, 0.25) is 0 Å². The summed E-state index contributed by atoms with van der Waals surface area (Å²) in [6.45, 7) is 0.792. The van der Waals surface area contributed by atoms with Crippen LogP contribution in [0.2, 0.25) is 0 Å². The van der Waals surface area contributed by atoms with E-state index >= 15 is 0 Å². The zero-order valence-electron chi connectivity index (χ0n) is 15.4. The summed E-state index contributed by atoms with van der Waals surface area (Å²) in [6.07, 6.45) is 0.932. The summed E-state index contributed by atoms with van der Waals surface area (Å²) >= 11 is 5.55. The third-order valence-electron chi connectivity index (χ3n) is 4.40. The maximum Gasteiger partial charge on any atom is 0.167 e. The molecule has 0 aliphatic carbocycles. The lowest BCUT2D eigenvalue weighted by molar-refractivity contribution is 0.414. The van der Waals surface area contributed by atoms with Crippen LogP contribution in [0.3, 0.4) is 0 Å². The van der Waals surface area contributed by atoms with Crippen molar-refractivity contribution in [3.8, 4) is 5.75 Å². The molecule has 0 aromatic heterocycles. The molecule has 0 aliphatic heterocycles. The predicted molar refractivity (Wildman–Crippen MR) is 115 cm³/mol. The zero-order valence-corrected chi connectivity index (χ0v) is 16.2.